The van der Waals surface area contributed by atoms with Crippen LogP contribution in [0.4, 0.5) is 5.82 Å². The maximum Gasteiger partial charge on any atom is 0.269 e. The maximum atomic E-state index is 12.3. The van der Waals surface area contributed by atoms with Crippen molar-refractivity contribution in [3.05, 3.63) is 82.8 Å². The molecule has 1 aromatic heterocycles. The Morgan fingerprint density at radius 1 is 1.08 bits per heavy atom. The lowest BCUT2D eigenvalue weighted by Crippen LogP contribution is -2.21. The molecule has 0 aliphatic rings. The van der Waals surface area contributed by atoms with Crippen molar-refractivity contribution in [1.82, 2.24) is 9.55 Å². The molecule has 0 radical (unpaired) electrons. The lowest BCUT2D eigenvalue weighted by Gasteiger charge is -2.08. The van der Waals surface area contributed by atoms with Crippen LogP contribution in [0.3, 0.4) is 0 Å². The molecule has 0 aliphatic heterocycles. The summed E-state index contributed by atoms with van der Waals surface area (Å²) in [6.07, 6.45) is 1.48. The van der Waals surface area contributed by atoms with E-state index in [1.54, 1.807) is 28.8 Å². The van der Waals surface area contributed by atoms with E-state index in [-0.39, 0.29) is 11.5 Å². The minimum Gasteiger partial charge on any atom is -0.364 e. The first-order chi connectivity index (χ1) is 12.0. The third-order valence-corrected chi connectivity index (χ3v) is 3.86. The normalized spacial score (nSPS) is 10.4. The number of carbonyl (C=O) groups is 2. The number of aromatic nitrogens is 2. The summed E-state index contributed by atoms with van der Waals surface area (Å²) in [4.78, 5) is 28.3. The Morgan fingerprint density at radius 2 is 1.76 bits per heavy atom. The van der Waals surface area contributed by atoms with Gasteiger partial charge >= 0.3 is 0 Å². The first-order valence-corrected chi connectivity index (χ1v) is 7.88. The molecule has 3 rings (SSSR count). The van der Waals surface area contributed by atoms with Crippen LogP contribution < -0.4 is 11.1 Å². The second-order valence-electron chi connectivity index (χ2n) is 5.38. The molecule has 0 saturated heterocycles. The molecule has 126 valence electrons. The van der Waals surface area contributed by atoms with Crippen molar-refractivity contribution < 1.29 is 9.59 Å². The molecular weight excluding hydrogens is 340 g/mol. The van der Waals surface area contributed by atoms with E-state index in [9.17, 15) is 9.59 Å². The number of benzene rings is 2. The van der Waals surface area contributed by atoms with Crippen LogP contribution in [0.5, 0.6) is 0 Å². The van der Waals surface area contributed by atoms with Gasteiger partial charge in [-0.2, -0.15) is 0 Å². The summed E-state index contributed by atoms with van der Waals surface area (Å²) in [6, 6.07) is 16.0. The third-order valence-electron chi connectivity index (χ3n) is 3.61. The highest BCUT2D eigenvalue weighted by molar-refractivity contribution is 6.30. The average molecular weight is 355 g/mol. The van der Waals surface area contributed by atoms with Crippen LogP contribution in [-0.2, 0) is 6.54 Å². The van der Waals surface area contributed by atoms with Crippen molar-refractivity contribution in [3.63, 3.8) is 0 Å². The SMILES string of the molecule is NC(=O)c1c(NC(=O)c2ccc(Cl)cc2)ncn1Cc1ccccc1. The predicted octanol–water partition coefficient (Wildman–Crippen LogP) is 2.94. The van der Waals surface area contributed by atoms with Gasteiger partial charge in [0.05, 0.1) is 6.33 Å². The average Bonchev–Trinajstić information content (AvgIpc) is 2.98. The second-order valence-corrected chi connectivity index (χ2v) is 5.82. The summed E-state index contributed by atoms with van der Waals surface area (Å²) in [6.45, 7) is 0.420. The summed E-state index contributed by atoms with van der Waals surface area (Å²) in [5.74, 6) is -0.938. The molecule has 2 amide bonds. The van der Waals surface area contributed by atoms with Crippen molar-refractivity contribution >= 4 is 29.2 Å². The molecule has 1 heterocycles. The quantitative estimate of drug-likeness (QED) is 0.738. The number of amides is 2. The number of anilines is 1. The molecule has 0 aliphatic carbocycles. The van der Waals surface area contributed by atoms with Gasteiger partial charge in [-0.15, -0.1) is 0 Å². The number of imidazole rings is 1. The standard InChI is InChI=1S/C18H15ClN4O2/c19-14-8-6-13(7-9-14)18(25)22-17-15(16(20)24)23(11-21-17)10-12-4-2-1-3-5-12/h1-9,11H,10H2,(H2,20,24)(H,22,25). The first-order valence-electron chi connectivity index (χ1n) is 7.50. The molecule has 0 saturated carbocycles. The summed E-state index contributed by atoms with van der Waals surface area (Å²) in [5.41, 5.74) is 7.01. The Hall–Kier alpha value is -3.12. The van der Waals surface area contributed by atoms with Gasteiger partial charge in [-0.25, -0.2) is 4.98 Å². The highest BCUT2D eigenvalue weighted by Gasteiger charge is 2.19. The Bertz CT molecular complexity index is 905. The molecule has 3 aromatic rings. The van der Waals surface area contributed by atoms with E-state index in [0.717, 1.165) is 5.56 Å². The van der Waals surface area contributed by atoms with E-state index in [2.05, 4.69) is 10.3 Å². The molecule has 6 nitrogen and oxygen atoms in total. The van der Waals surface area contributed by atoms with E-state index in [0.29, 0.717) is 17.1 Å². The maximum absolute atomic E-state index is 12.3. The van der Waals surface area contributed by atoms with Crippen LogP contribution in [0.1, 0.15) is 26.4 Å². The van der Waals surface area contributed by atoms with Gasteiger partial charge in [0.25, 0.3) is 11.8 Å². The van der Waals surface area contributed by atoms with Gasteiger partial charge < -0.3 is 15.6 Å². The van der Waals surface area contributed by atoms with E-state index >= 15 is 0 Å². The fourth-order valence-corrected chi connectivity index (χ4v) is 2.54. The monoisotopic (exact) mass is 354 g/mol. The molecule has 0 atom stereocenters. The number of nitrogens with zero attached hydrogens (tertiary/aromatic N) is 2. The summed E-state index contributed by atoms with van der Waals surface area (Å²) in [7, 11) is 0. The first kappa shape index (κ1) is 16.7. The summed E-state index contributed by atoms with van der Waals surface area (Å²) >= 11 is 5.82. The van der Waals surface area contributed by atoms with Crippen molar-refractivity contribution in [2.45, 2.75) is 6.54 Å². The van der Waals surface area contributed by atoms with Gasteiger partial charge in [0.2, 0.25) is 0 Å². The highest BCUT2D eigenvalue weighted by atomic mass is 35.5. The zero-order valence-electron chi connectivity index (χ0n) is 13.1. The number of primary amides is 1. The van der Waals surface area contributed by atoms with E-state index < -0.39 is 11.8 Å². The number of hydrogen-bond acceptors (Lipinski definition) is 3. The minimum atomic E-state index is -0.667. The van der Waals surface area contributed by atoms with Gasteiger partial charge in [0, 0.05) is 17.1 Å². The minimum absolute atomic E-state index is 0.128. The van der Waals surface area contributed by atoms with Gasteiger partial charge in [-0.05, 0) is 29.8 Å². The zero-order chi connectivity index (χ0) is 17.8. The van der Waals surface area contributed by atoms with Crippen LogP contribution in [0.25, 0.3) is 0 Å². The smallest absolute Gasteiger partial charge is 0.269 e. The molecule has 0 spiro atoms. The molecule has 0 bridgehead atoms. The number of carbonyl (C=O) groups excluding carboxylic acids is 2. The van der Waals surface area contributed by atoms with Crippen LogP contribution in [0.2, 0.25) is 5.02 Å². The molecule has 0 unspecified atom stereocenters. The third kappa shape index (κ3) is 3.87. The topological polar surface area (TPSA) is 90.0 Å². The highest BCUT2D eigenvalue weighted by Crippen LogP contribution is 2.17. The zero-order valence-corrected chi connectivity index (χ0v) is 13.9. The Kier molecular flexibility index (Phi) is 4.81. The summed E-state index contributed by atoms with van der Waals surface area (Å²) < 4.78 is 1.61. The Morgan fingerprint density at radius 3 is 2.40 bits per heavy atom. The van der Waals surface area contributed by atoms with Gasteiger partial charge in [0.15, 0.2) is 11.5 Å². The van der Waals surface area contributed by atoms with E-state index in [4.69, 9.17) is 17.3 Å². The fraction of sp³-hybridized carbons (Fsp3) is 0.0556. The van der Waals surface area contributed by atoms with E-state index in [1.165, 1.54) is 6.33 Å². The van der Waals surface area contributed by atoms with Crippen LogP contribution in [-0.4, -0.2) is 21.4 Å². The molecule has 2 aromatic carbocycles. The lowest BCUT2D eigenvalue weighted by atomic mass is 10.2. The van der Waals surface area contributed by atoms with Crippen LogP contribution in [0, 0.1) is 0 Å². The predicted molar refractivity (Wildman–Crippen MR) is 95.7 cm³/mol. The van der Waals surface area contributed by atoms with Crippen molar-refractivity contribution in [2.75, 3.05) is 5.32 Å². The Balaban J connectivity index is 1.85. The summed E-state index contributed by atoms with van der Waals surface area (Å²) in [5, 5.41) is 3.15. The molecule has 3 N–H and O–H groups in total. The molecule has 0 fully saturated rings. The number of nitrogens with one attached hydrogen (secondary N) is 1. The number of hydrogen-bond donors (Lipinski definition) is 2. The molecular formula is C18H15ClN4O2. The van der Waals surface area contributed by atoms with Crippen LogP contribution >= 0.6 is 11.6 Å². The number of halogens is 1. The molecule has 7 heteroatoms. The lowest BCUT2D eigenvalue weighted by molar-refractivity contribution is 0.0993. The van der Waals surface area contributed by atoms with Gasteiger partial charge in [-0.3, -0.25) is 9.59 Å². The van der Waals surface area contributed by atoms with Crippen molar-refractivity contribution in [3.8, 4) is 0 Å². The van der Waals surface area contributed by atoms with Crippen LogP contribution in [0.15, 0.2) is 60.9 Å². The largest absolute Gasteiger partial charge is 0.364 e. The van der Waals surface area contributed by atoms with Crippen molar-refractivity contribution in [1.29, 1.82) is 0 Å². The number of nitrogens with two attached hydrogens (primary N) is 1. The Labute approximate surface area is 149 Å². The van der Waals surface area contributed by atoms with Gasteiger partial charge in [-0.1, -0.05) is 41.9 Å². The number of rotatable bonds is 5. The molecule has 25 heavy (non-hydrogen) atoms. The van der Waals surface area contributed by atoms with Crippen molar-refractivity contribution in [2.24, 2.45) is 5.73 Å². The van der Waals surface area contributed by atoms with Gasteiger partial charge in [0.1, 0.15) is 0 Å². The van der Waals surface area contributed by atoms with E-state index in [1.807, 2.05) is 30.3 Å². The second kappa shape index (κ2) is 7.19. The fourth-order valence-electron chi connectivity index (χ4n) is 2.41.